The fourth-order valence-electron chi connectivity index (χ4n) is 11.3. The second kappa shape index (κ2) is 71.5. The van der Waals surface area contributed by atoms with Crippen LogP contribution in [0.5, 0.6) is 0 Å². The molecule has 0 radical (unpaired) electrons. The predicted molar refractivity (Wildman–Crippen MR) is 395 cm³/mol. The van der Waals surface area contributed by atoms with Gasteiger partial charge in [-0.25, -0.2) is 4.57 Å². The van der Waals surface area contributed by atoms with Gasteiger partial charge in [-0.3, -0.25) is 18.6 Å². The third kappa shape index (κ3) is 76.1. The van der Waals surface area contributed by atoms with E-state index in [0.717, 1.165) is 77.0 Å². The van der Waals surface area contributed by atoms with Gasteiger partial charge < -0.3 is 18.9 Å². The Morgan fingerprint density at radius 3 is 0.934 bits per heavy atom. The zero-order valence-electron chi connectivity index (χ0n) is 60.6. The number of carbonyl (C=O) groups is 2. The van der Waals surface area contributed by atoms with Gasteiger partial charge in [-0.15, -0.1) is 0 Å². The highest BCUT2D eigenvalue weighted by atomic mass is 31.2. The van der Waals surface area contributed by atoms with E-state index in [1.54, 1.807) is 0 Å². The number of rotatable bonds is 72. The molecule has 0 saturated heterocycles. The largest absolute Gasteiger partial charge is 0.472 e. The minimum absolute atomic E-state index is 0.0318. The molecule has 530 valence electrons. The Labute approximate surface area is 564 Å². The summed E-state index contributed by atoms with van der Waals surface area (Å²) in [5.74, 6) is -0.781. The Hall–Kier alpha value is -2.81. The van der Waals surface area contributed by atoms with Gasteiger partial charge in [0, 0.05) is 12.8 Å². The van der Waals surface area contributed by atoms with Gasteiger partial charge in [0.15, 0.2) is 6.10 Å². The number of carbonyl (C=O) groups excluding carboxylic acids is 2. The lowest BCUT2D eigenvalue weighted by Gasteiger charge is -2.24. The number of hydrogen-bond acceptors (Lipinski definition) is 7. The van der Waals surface area contributed by atoms with Crippen molar-refractivity contribution in [3.63, 3.8) is 0 Å². The molecule has 0 heterocycles. The van der Waals surface area contributed by atoms with Crippen LogP contribution in [0.2, 0.25) is 0 Å². The van der Waals surface area contributed by atoms with Crippen LogP contribution in [0.1, 0.15) is 367 Å². The first kappa shape index (κ1) is 88.2. The summed E-state index contributed by atoms with van der Waals surface area (Å²) >= 11 is 0. The highest BCUT2D eigenvalue weighted by Gasteiger charge is 2.27. The number of unbranched alkanes of at least 4 members (excludes halogenated alkanes) is 44. The van der Waals surface area contributed by atoms with Crippen LogP contribution in [-0.4, -0.2) is 74.9 Å². The van der Waals surface area contributed by atoms with Crippen LogP contribution in [0.25, 0.3) is 0 Å². The SMILES string of the molecule is CC/C=C\C/C=C\C/C=C\C/C=C\C/C=C\C/C=C\C/C=C\CCCCCCCCCCCCCCCCCC(=O)OC(COC(=O)CCCCCCCCCCCCCCCCCCCCCCCCCCCCCCCC)COP(=O)(O)OCC[N+](C)(C)C. The molecule has 0 aliphatic rings. The molecule has 0 spiro atoms. The second-order valence-corrected chi connectivity index (χ2v) is 28.8. The molecular formula is C81H149NO8P+. The number of hydrogen-bond donors (Lipinski definition) is 1. The maximum atomic E-state index is 12.9. The van der Waals surface area contributed by atoms with Gasteiger partial charge in [0.05, 0.1) is 27.7 Å². The van der Waals surface area contributed by atoms with Gasteiger partial charge in [0.25, 0.3) is 0 Å². The fraction of sp³-hybridized carbons (Fsp3) is 0.802. The van der Waals surface area contributed by atoms with Crippen LogP contribution in [0.3, 0.4) is 0 Å². The van der Waals surface area contributed by atoms with E-state index in [1.165, 1.54) is 257 Å². The summed E-state index contributed by atoms with van der Waals surface area (Å²) in [5, 5.41) is 0. The van der Waals surface area contributed by atoms with Gasteiger partial charge in [-0.2, -0.15) is 0 Å². The quantitative estimate of drug-likeness (QED) is 0.0211. The molecule has 0 fully saturated rings. The molecule has 0 aliphatic carbocycles. The van der Waals surface area contributed by atoms with Crippen LogP contribution in [-0.2, 0) is 32.7 Å². The number of allylic oxidation sites excluding steroid dienone is 14. The highest BCUT2D eigenvalue weighted by molar-refractivity contribution is 7.47. The van der Waals surface area contributed by atoms with E-state index in [1.807, 2.05) is 21.1 Å². The molecule has 2 unspecified atom stereocenters. The number of esters is 2. The molecule has 91 heavy (non-hydrogen) atoms. The van der Waals surface area contributed by atoms with Crippen molar-refractivity contribution in [1.29, 1.82) is 0 Å². The molecule has 0 aromatic heterocycles. The summed E-state index contributed by atoms with van der Waals surface area (Å²) in [6, 6.07) is 0. The zero-order valence-corrected chi connectivity index (χ0v) is 61.5. The van der Waals surface area contributed by atoms with Crippen molar-refractivity contribution in [3.05, 3.63) is 85.1 Å². The molecular weight excluding hydrogens is 1150 g/mol. The summed E-state index contributed by atoms with van der Waals surface area (Å²) in [6.07, 6.45) is 98.6. The Morgan fingerprint density at radius 1 is 0.352 bits per heavy atom. The first-order chi connectivity index (χ1) is 44.5. The van der Waals surface area contributed by atoms with Crippen molar-refractivity contribution in [2.24, 2.45) is 0 Å². The number of phosphoric ester groups is 1. The van der Waals surface area contributed by atoms with E-state index in [4.69, 9.17) is 18.5 Å². The molecule has 9 nitrogen and oxygen atoms in total. The molecule has 0 aromatic carbocycles. The average molecular weight is 1300 g/mol. The second-order valence-electron chi connectivity index (χ2n) is 27.4. The number of quaternary nitrogens is 1. The van der Waals surface area contributed by atoms with Crippen LogP contribution in [0.4, 0.5) is 0 Å². The van der Waals surface area contributed by atoms with Crippen molar-refractivity contribution in [2.45, 2.75) is 373 Å². The maximum Gasteiger partial charge on any atom is 0.472 e. The third-order valence-electron chi connectivity index (χ3n) is 17.2. The van der Waals surface area contributed by atoms with Crippen LogP contribution >= 0.6 is 7.82 Å². The normalized spacial score (nSPS) is 13.5. The Kier molecular flexibility index (Phi) is 69.3. The van der Waals surface area contributed by atoms with E-state index in [9.17, 15) is 19.0 Å². The number of ether oxygens (including phenoxy) is 2. The minimum atomic E-state index is -4.40. The van der Waals surface area contributed by atoms with Crippen LogP contribution in [0.15, 0.2) is 85.1 Å². The topological polar surface area (TPSA) is 108 Å². The summed E-state index contributed by atoms with van der Waals surface area (Å²) in [7, 11) is 1.49. The molecule has 0 aliphatic heterocycles. The molecule has 0 rings (SSSR count). The lowest BCUT2D eigenvalue weighted by atomic mass is 10.0. The first-order valence-corrected chi connectivity index (χ1v) is 40.3. The molecule has 0 amide bonds. The van der Waals surface area contributed by atoms with Gasteiger partial charge in [0.2, 0.25) is 0 Å². The van der Waals surface area contributed by atoms with E-state index in [2.05, 4.69) is 98.9 Å². The summed E-state index contributed by atoms with van der Waals surface area (Å²) in [6.45, 7) is 4.38. The molecule has 0 bridgehead atoms. The van der Waals surface area contributed by atoms with E-state index < -0.39 is 26.5 Å². The predicted octanol–water partition coefficient (Wildman–Crippen LogP) is 25.7. The number of nitrogens with zero attached hydrogens (tertiary/aromatic N) is 1. The summed E-state index contributed by atoms with van der Waals surface area (Å²) in [5.41, 5.74) is 0. The molecule has 0 saturated carbocycles. The smallest absolute Gasteiger partial charge is 0.462 e. The lowest BCUT2D eigenvalue weighted by molar-refractivity contribution is -0.870. The van der Waals surface area contributed by atoms with Gasteiger partial charge in [-0.1, -0.05) is 369 Å². The zero-order chi connectivity index (χ0) is 66.2. The van der Waals surface area contributed by atoms with Crippen LogP contribution in [0, 0.1) is 0 Å². The minimum Gasteiger partial charge on any atom is -0.462 e. The molecule has 1 N–H and O–H groups in total. The van der Waals surface area contributed by atoms with Crippen molar-refractivity contribution in [1.82, 2.24) is 0 Å². The van der Waals surface area contributed by atoms with Gasteiger partial charge in [-0.05, 0) is 70.6 Å². The average Bonchev–Trinajstić information content (AvgIpc) is 3.69. The summed E-state index contributed by atoms with van der Waals surface area (Å²) < 4.78 is 34.8. The fourth-order valence-corrected chi connectivity index (χ4v) is 12.0. The van der Waals surface area contributed by atoms with Crippen molar-refractivity contribution in [2.75, 3.05) is 47.5 Å². The number of likely N-dealkylation sites (N-methyl/N-ethyl adjacent to an activating group) is 1. The molecule has 10 heteroatoms. The third-order valence-corrected chi connectivity index (χ3v) is 18.2. The van der Waals surface area contributed by atoms with Crippen molar-refractivity contribution < 1.29 is 42.1 Å². The Bertz CT molecular complexity index is 1810. The van der Waals surface area contributed by atoms with Gasteiger partial charge in [0.1, 0.15) is 19.8 Å². The van der Waals surface area contributed by atoms with E-state index in [0.29, 0.717) is 23.9 Å². The first-order valence-electron chi connectivity index (χ1n) is 38.8. The van der Waals surface area contributed by atoms with E-state index in [-0.39, 0.29) is 25.6 Å². The monoisotopic (exact) mass is 1300 g/mol. The maximum absolute atomic E-state index is 12.9. The molecule has 2 atom stereocenters. The highest BCUT2D eigenvalue weighted by Crippen LogP contribution is 2.43. The number of phosphoric acid groups is 1. The standard InChI is InChI=1S/C81H148NO8P/c1-6-8-10-12-14-16-18-20-22-24-26-28-30-32-34-36-38-39-40-41-42-43-44-46-48-50-52-54-56-58-60-62-64-66-68-70-72-74-81(84)90-79(78-89-91(85,86)88-76-75-82(3,4)5)77-87-80(83)73-71-69-67-65-63-61-59-57-55-53-51-49-47-45-37-35-33-31-29-27-25-23-21-19-17-15-13-11-9-7-2/h8,10,14,16,20,22,26,28,32,34,38-39,41-42,79H,6-7,9,11-13,15,17-19,21,23-25,27,29-31,33,35-37,40,43-78H2,1-5H3/p+1/b10-8-,16-14-,22-20-,28-26-,34-32-,39-38-,42-41-. The lowest BCUT2D eigenvalue weighted by Crippen LogP contribution is -2.37. The Morgan fingerprint density at radius 2 is 0.626 bits per heavy atom. The van der Waals surface area contributed by atoms with Crippen LogP contribution < -0.4 is 0 Å². The Balaban J connectivity index is 3.97. The van der Waals surface area contributed by atoms with Crippen molar-refractivity contribution >= 4 is 19.8 Å². The van der Waals surface area contributed by atoms with Crippen molar-refractivity contribution in [3.8, 4) is 0 Å². The molecule has 0 aromatic rings. The van der Waals surface area contributed by atoms with E-state index >= 15 is 0 Å². The summed E-state index contributed by atoms with van der Waals surface area (Å²) in [4.78, 5) is 36.0. The van der Waals surface area contributed by atoms with Gasteiger partial charge >= 0.3 is 19.8 Å².